The Labute approximate surface area is 131 Å². The molecule has 4 nitrogen and oxygen atoms in total. The number of hydrogen-bond acceptors (Lipinski definition) is 4. The summed E-state index contributed by atoms with van der Waals surface area (Å²) in [6.45, 7) is 1.92. The molecule has 2 fully saturated rings. The van der Waals surface area contributed by atoms with Crippen molar-refractivity contribution in [1.29, 1.82) is 0 Å². The number of halogens is 4. The van der Waals surface area contributed by atoms with Gasteiger partial charge in [0.1, 0.15) is 12.0 Å². The highest BCUT2D eigenvalue weighted by Crippen LogP contribution is 2.30. The zero-order valence-corrected chi connectivity index (χ0v) is 12.5. The van der Waals surface area contributed by atoms with Gasteiger partial charge in [-0.3, -0.25) is 4.90 Å². The fraction of sp³-hybridized carbons (Fsp3) is 0.667. The van der Waals surface area contributed by atoms with Crippen LogP contribution in [0, 0.1) is 0 Å². The maximum atomic E-state index is 13.4. The molecule has 128 valence electrons. The van der Waals surface area contributed by atoms with Gasteiger partial charge in [0, 0.05) is 38.4 Å². The van der Waals surface area contributed by atoms with Crippen LogP contribution in [0.3, 0.4) is 0 Å². The molecule has 1 aromatic heterocycles. The van der Waals surface area contributed by atoms with E-state index in [1.807, 2.05) is 9.80 Å². The highest BCUT2D eigenvalue weighted by Gasteiger charge is 2.36. The molecule has 2 saturated heterocycles. The van der Waals surface area contributed by atoms with E-state index >= 15 is 0 Å². The fourth-order valence-electron chi connectivity index (χ4n) is 3.27. The summed E-state index contributed by atoms with van der Waals surface area (Å²) in [6.07, 6.45) is -4.07. The first-order chi connectivity index (χ1) is 10.8. The summed E-state index contributed by atoms with van der Waals surface area (Å²) >= 11 is 0. The quantitative estimate of drug-likeness (QED) is 0.842. The average Bonchev–Trinajstić information content (AvgIpc) is 2.86. The standard InChI is InChI=1S/C15H19F4N3O/c16-12-8-22(9-13(12)23)11-3-5-21(6-4-11)14-2-1-10(7-20-14)15(17,18)19/h1-2,7,11-13,23H,3-6,8-9H2/t12-,13-/m1/s1. The number of rotatable bonds is 2. The second kappa shape index (κ2) is 6.24. The maximum Gasteiger partial charge on any atom is 0.417 e. The van der Waals surface area contributed by atoms with E-state index in [4.69, 9.17) is 0 Å². The minimum absolute atomic E-state index is 0.205. The Morgan fingerprint density at radius 1 is 1.13 bits per heavy atom. The minimum atomic E-state index is -4.38. The van der Waals surface area contributed by atoms with E-state index in [-0.39, 0.29) is 12.6 Å². The molecule has 0 aromatic carbocycles. The second-order valence-electron chi connectivity index (χ2n) is 6.16. The number of β-amino-alcohol motifs (C(OH)–C–C–N with tert-alkyl or cyclic N) is 1. The van der Waals surface area contributed by atoms with Gasteiger partial charge in [-0.2, -0.15) is 13.2 Å². The summed E-state index contributed by atoms with van der Waals surface area (Å²) in [7, 11) is 0. The lowest BCUT2D eigenvalue weighted by Crippen LogP contribution is -2.44. The molecule has 2 atom stereocenters. The Hall–Kier alpha value is -1.41. The van der Waals surface area contributed by atoms with Crippen molar-refractivity contribution in [2.24, 2.45) is 0 Å². The van der Waals surface area contributed by atoms with Crippen molar-refractivity contribution in [1.82, 2.24) is 9.88 Å². The molecule has 1 aromatic rings. The molecule has 0 unspecified atom stereocenters. The van der Waals surface area contributed by atoms with Gasteiger partial charge < -0.3 is 10.0 Å². The van der Waals surface area contributed by atoms with Gasteiger partial charge in [0.15, 0.2) is 0 Å². The van der Waals surface area contributed by atoms with Crippen LogP contribution in [0.25, 0.3) is 0 Å². The number of aromatic nitrogens is 1. The van der Waals surface area contributed by atoms with Gasteiger partial charge >= 0.3 is 6.18 Å². The number of alkyl halides is 4. The molecule has 0 spiro atoms. The SMILES string of the molecule is O[C@@H]1CN(C2CCN(c3ccc(C(F)(F)F)cn3)CC2)C[C@H]1F. The van der Waals surface area contributed by atoms with E-state index in [0.29, 0.717) is 25.5 Å². The van der Waals surface area contributed by atoms with Crippen molar-refractivity contribution in [3.63, 3.8) is 0 Å². The predicted octanol–water partition coefficient (Wildman–Crippen LogP) is 2.08. The molecule has 2 aliphatic rings. The van der Waals surface area contributed by atoms with Gasteiger partial charge in [0.2, 0.25) is 0 Å². The molecule has 3 rings (SSSR count). The van der Waals surface area contributed by atoms with E-state index in [2.05, 4.69) is 4.98 Å². The summed E-state index contributed by atoms with van der Waals surface area (Å²) in [4.78, 5) is 7.81. The highest BCUT2D eigenvalue weighted by atomic mass is 19.4. The first-order valence-corrected chi connectivity index (χ1v) is 7.69. The van der Waals surface area contributed by atoms with Gasteiger partial charge in [-0.05, 0) is 25.0 Å². The lowest BCUT2D eigenvalue weighted by molar-refractivity contribution is -0.137. The molecule has 8 heteroatoms. The number of piperidine rings is 1. The average molecular weight is 333 g/mol. The largest absolute Gasteiger partial charge is 0.417 e. The number of nitrogens with zero attached hydrogens (tertiary/aromatic N) is 3. The number of hydrogen-bond donors (Lipinski definition) is 1. The Balaban J connectivity index is 1.57. The fourth-order valence-corrected chi connectivity index (χ4v) is 3.27. The van der Waals surface area contributed by atoms with Crippen molar-refractivity contribution >= 4 is 5.82 Å². The number of aliphatic hydroxyl groups excluding tert-OH is 1. The maximum absolute atomic E-state index is 13.4. The third kappa shape index (κ3) is 3.58. The van der Waals surface area contributed by atoms with Crippen molar-refractivity contribution in [2.75, 3.05) is 31.1 Å². The third-order valence-corrected chi connectivity index (χ3v) is 4.63. The van der Waals surface area contributed by atoms with Crippen LogP contribution in [0.15, 0.2) is 18.3 Å². The number of pyridine rings is 1. The first-order valence-electron chi connectivity index (χ1n) is 7.69. The molecule has 0 saturated carbocycles. The van der Waals surface area contributed by atoms with Crippen molar-refractivity contribution in [3.8, 4) is 0 Å². The molecule has 0 bridgehead atoms. The molecule has 0 aliphatic carbocycles. The summed E-state index contributed by atoms with van der Waals surface area (Å²) in [5.74, 6) is 0.529. The van der Waals surface area contributed by atoms with Crippen LogP contribution in [0.2, 0.25) is 0 Å². The molecule has 23 heavy (non-hydrogen) atoms. The second-order valence-corrected chi connectivity index (χ2v) is 6.16. The van der Waals surface area contributed by atoms with Gasteiger partial charge in [0.25, 0.3) is 0 Å². The summed E-state index contributed by atoms with van der Waals surface area (Å²) in [6, 6.07) is 2.63. The Bertz CT molecular complexity index is 519. The monoisotopic (exact) mass is 333 g/mol. The van der Waals surface area contributed by atoms with E-state index in [1.54, 1.807) is 0 Å². The lowest BCUT2D eigenvalue weighted by Gasteiger charge is -2.37. The van der Waals surface area contributed by atoms with Crippen LogP contribution in [0.5, 0.6) is 0 Å². The topological polar surface area (TPSA) is 39.6 Å². The van der Waals surface area contributed by atoms with E-state index in [0.717, 1.165) is 25.1 Å². The lowest BCUT2D eigenvalue weighted by atomic mass is 10.0. The van der Waals surface area contributed by atoms with Gasteiger partial charge in [-0.25, -0.2) is 9.37 Å². The molecular weight excluding hydrogens is 314 g/mol. The summed E-state index contributed by atoms with van der Waals surface area (Å²) in [5.41, 5.74) is -0.754. The van der Waals surface area contributed by atoms with E-state index in [9.17, 15) is 22.7 Å². The Morgan fingerprint density at radius 3 is 2.30 bits per heavy atom. The van der Waals surface area contributed by atoms with Gasteiger partial charge in [-0.1, -0.05) is 0 Å². The van der Waals surface area contributed by atoms with Gasteiger partial charge in [-0.15, -0.1) is 0 Å². The van der Waals surface area contributed by atoms with Crippen LogP contribution in [-0.4, -0.2) is 59.5 Å². The molecule has 2 aliphatic heterocycles. The molecule has 0 radical (unpaired) electrons. The van der Waals surface area contributed by atoms with E-state index in [1.165, 1.54) is 6.07 Å². The molecule has 3 heterocycles. The van der Waals surface area contributed by atoms with Crippen molar-refractivity contribution in [3.05, 3.63) is 23.9 Å². The molecular formula is C15H19F4N3O. The third-order valence-electron chi connectivity index (χ3n) is 4.63. The Kier molecular flexibility index (Phi) is 4.46. The van der Waals surface area contributed by atoms with Gasteiger partial charge in [0.05, 0.1) is 11.7 Å². The van der Waals surface area contributed by atoms with Crippen LogP contribution in [-0.2, 0) is 6.18 Å². The number of likely N-dealkylation sites (tertiary alicyclic amines) is 1. The number of aliphatic hydroxyl groups is 1. The normalized spacial score (nSPS) is 27.6. The summed E-state index contributed by atoms with van der Waals surface area (Å²) in [5, 5.41) is 9.49. The van der Waals surface area contributed by atoms with Crippen molar-refractivity contribution in [2.45, 2.75) is 37.3 Å². The van der Waals surface area contributed by atoms with Crippen LogP contribution in [0.1, 0.15) is 18.4 Å². The zero-order chi connectivity index (χ0) is 16.6. The smallest absolute Gasteiger partial charge is 0.389 e. The molecule has 0 amide bonds. The van der Waals surface area contributed by atoms with Crippen LogP contribution >= 0.6 is 0 Å². The highest BCUT2D eigenvalue weighted by molar-refractivity contribution is 5.40. The zero-order valence-electron chi connectivity index (χ0n) is 12.5. The Morgan fingerprint density at radius 2 is 1.83 bits per heavy atom. The summed E-state index contributed by atoms with van der Waals surface area (Å²) < 4.78 is 51.0. The van der Waals surface area contributed by atoms with Crippen LogP contribution in [0.4, 0.5) is 23.4 Å². The first kappa shape index (κ1) is 16.4. The van der Waals surface area contributed by atoms with Crippen molar-refractivity contribution < 1.29 is 22.7 Å². The van der Waals surface area contributed by atoms with E-state index < -0.39 is 24.0 Å². The number of anilines is 1. The van der Waals surface area contributed by atoms with Crippen LogP contribution < -0.4 is 4.90 Å². The minimum Gasteiger partial charge on any atom is -0.389 e. The molecule has 1 N–H and O–H groups in total. The predicted molar refractivity (Wildman–Crippen MR) is 76.9 cm³/mol.